The van der Waals surface area contributed by atoms with Crippen molar-refractivity contribution < 1.29 is 42.9 Å². The molecule has 0 aliphatic rings. The van der Waals surface area contributed by atoms with Gasteiger partial charge >= 0.3 is 23.9 Å². The maximum atomic E-state index is 12.5. The average Bonchev–Trinajstić information content (AvgIpc) is 3.05. The minimum atomic E-state index is -0.516. The Morgan fingerprint density at radius 3 is 1.64 bits per heavy atom. The quantitative estimate of drug-likeness (QED) is 0.0626. The van der Waals surface area contributed by atoms with E-state index >= 15 is 0 Å². The summed E-state index contributed by atoms with van der Waals surface area (Å²) in [6.45, 7) is 4.60. The van der Waals surface area contributed by atoms with Crippen molar-refractivity contribution in [3.8, 4) is 17.2 Å². The van der Waals surface area contributed by atoms with Gasteiger partial charge in [-0.15, -0.1) is 0 Å². The second kappa shape index (κ2) is 19.3. The summed E-state index contributed by atoms with van der Waals surface area (Å²) in [6, 6.07) is 21.6. The Labute approximate surface area is 257 Å². The number of benzene rings is 3. The molecule has 9 heteroatoms. The molecule has 232 valence electrons. The lowest BCUT2D eigenvalue weighted by atomic mass is 10.2. The van der Waals surface area contributed by atoms with E-state index in [1.807, 2.05) is 6.07 Å². The largest absolute Gasteiger partial charge is 0.494 e. The van der Waals surface area contributed by atoms with Crippen LogP contribution in [0, 0.1) is 0 Å². The molecule has 0 spiro atoms. The Bertz CT molecular complexity index is 1330. The van der Waals surface area contributed by atoms with E-state index in [2.05, 4.69) is 6.58 Å². The normalized spacial score (nSPS) is 10.4. The SMILES string of the molecule is C=CC(=O)OCCCCCC(=O)OCCCCCCOc1ccc(C(=O)Oc2ccc(OC(=O)c3ccccc3)cc2)cc1. The van der Waals surface area contributed by atoms with Crippen LogP contribution >= 0.6 is 0 Å². The van der Waals surface area contributed by atoms with E-state index in [9.17, 15) is 19.2 Å². The van der Waals surface area contributed by atoms with E-state index < -0.39 is 17.9 Å². The molecule has 9 nitrogen and oxygen atoms in total. The van der Waals surface area contributed by atoms with E-state index in [4.69, 9.17) is 23.7 Å². The smallest absolute Gasteiger partial charge is 0.343 e. The van der Waals surface area contributed by atoms with Gasteiger partial charge in [0, 0.05) is 12.5 Å². The van der Waals surface area contributed by atoms with Gasteiger partial charge < -0.3 is 23.7 Å². The van der Waals surface area contributed by atoms with Crippen LogP contribution in [0.3, 0.4) is 0 Å². The molecule has 0 radical (unpaired) electrons. The Morgan fingerprint density at radius 1 is 0.545 bits per heavy atom. The first-order valence-electron chi connectivity index (χ1n) is 14.7. The molecule has 0 saturated heterocycles. The molecule has 0 bridgehead atoms. The molecule has 0 atom stereocenters. The number of ether oxygens (including phenoxy) is 5. The zero-order valence-electron chi connectivity index (χ0n) is 24.7. The van der Waals surface area contributed by atoms with E-state index in [1.165, 1.54) is 0 Å². The highest BCUT2D eigenvalue weighted by molar-refractivity contribution is 5.92. The zero-order chi connectivity index (χ0) is 31.4. The Kier molecular flexibility index (Phi) is 14.7. The third kappa shape index (κ3) is 12.9. The van der Waals surface area contributed by atoms with Gasteiger partial charge in [-0.1, -0.05) is 24.8 Å². The fraction of sp³-hybridized carbons (Fsp3) is 0.314. The summed E-state index contributed by atoms with van der Waals surface area (Å²) in [5.41, 5.74) is 0.818. The highest BCUT2D eigenvalue weighted by Crippen LogP contribution is 2.21. The molecule has 0 aliphatic carbocycles. The Hall–Kier alpha value is -4.92. The predicted octanol–water partition coefficient (Wildman–Crippen LogP) is 6.90. The number of hydrogen-bond donors (Lipinski definition) is 0. The lowest BCUT2D eigenvalue weighted by molar-refractivity contribution is -0.144. The maximum Gasteiger partial charge on any atom is 0.343 e. The van der Waals surface area contributed by atoms with Gasteiger partial charge in [0.05, 0.1) is 30.9 Å². The summed E-state index contributed by atoms with van der Waals surface area (Å²) in [5.74, 6) is -0.306. The van der Waals surface area contributed by atoms with Crippen molar-refractivity contribution in [3.05, 3.63) is 103 Å². The number of hydrogen-bond acceptors (Lipinski definition) is 9. The molecule has 0 fully saturated rings. The highest BCUT2D eigenvalue weighted by Gasteiger charge is 2.11. The van der Waals surface area contributed by atoms with Gasteiger partial charge in [-0.25, -0.2) is 14.4 Å². The maximum absolute atomic E-state index is 12.5. The summed E-state index contributed by atoms with van der Waals surface area (Å²) in [6.07, 6.45) is 7.20. The summed E-state index contributed by atoms with van der Waals surface area (Å²) in [4.78, 5) is 47.4. The second-order valence-electron chi connectivity index (χ2n) is 9.81. The van der Waals surface area contributed by atoms with Gasteiger partial charge in [0.15, 0.2) is 0 Å². The second-order valence-corrected chi connectivity index (χ2v) is 9.81. The van der Waals surface area contributed by atoms with Crippen molar-refractivity contribution in [1.82, 2.24) is 0 Å². The Balaban J connectivity index is 1.22. The summed E-state index contributed by atoms with van der Waals surface area (Å²) < 4.78 is 26.7. The van der Waals surface area contributed by atoms with Crippen molar-refractivity contribution in [3.63, 3.8) is 0 Å². The number of carbonyl (C=O) groups excluding carboxylic acids is 4. The van der Waals surface area contributed by atoms with Crippen LogP contribution in [0.15, 0.2) is 91.5 Å². The first kappa shape index (κ1) is 33.6. The third-order valence-electron chi connectivity index (χ3n) is 6.35. The number of esters is 4. The lowest BCUT2D eigenvalue weighted by Gasteiger charge is -2.09. The third-order valence-corrected chi connectivity index (χ3v) is 6.35. The minimum Gasteiger partial charge on any atom is -0.494 e. The lowest BCUT2D eigenvalue weighted by Crippen LogP contribution is -2.09. The molecule has 0 unspecified atom stereocenters. The number of carbonyl (C=O) groups is 4. The van der Waals surface area contributed by atoms with E-state index in [1.54, 1.807) is 72.8 Å². The molecule has 3 aromatic carbocycles. The molecule has 0 aliphatic heterocycles. The van der Waals surface area contributed by atoms with Crippen molar-refractivity contribution in [1.29, 1.82) is 0 Å². The van der Waals surface area contributed by atoms with Crippen LogP contribution in [-0.4, -0.2) is 43.7 Å². The molecule has 3 rings (SSSR count). The van der Waals surface area contributed by atoms with Crippen molar-refractivity contribution in [2.24, 2.45) is 0 Å². The van der Waals surface area contributed by atoms with Crippen LogP contribution in [0.25, 0.3) is 0 Å². The zero-order valence-corrected chi connectivity index (χ0v) is 24.7. The van der Waals surface area contributed by atoms with Gasteiger partial charge in [0.1, 0.15) is 17.2 Å². The van der Waals surface area contributed by atoms with Crippen LogP contribution < -0.4 is 14.2 Å². The van der Waals surface area contributed by atoms with Crippen LogP contribution in [-0.2, 0) is 19.1 Å². The molecular formula is C35H38O9. The van der Waals surface area contributed by atoms with Gasteiger partial charge in [0.2, 0.25) is 0 Å². The molecule has 44 heavy (non-hydrogen) atoms. The molecular weight excluding hydrogens is 564 g/mol. The van der Waals surface area contributed by atoms with Gasteiger partial charge in [0.25, 0.3) is 0 Å². The average molecular weight is 603 g/mol. The fourth-order valence-electron chi connectivity index (χ4n) is 3.95. The van der Waals surface area contributed by atoms with Gasteiger partial charge in [-0.3, -0.25) is 4.79 Å². The monoisotopic (exact) mass is 602 g/mol. The van der Waals surface area contributed by atoms with Crippen LogP contribution in [0.1, 0.15) is 72.1 Å². The van der Waals surface area contributed by atoms with Crippen molar-refractivity contribution >= 4 is 23.9 Å². The van der Waals surface area contributed by atoms with E-state index in [0.29, 0.717) is 67.5 Å². The topological polar surface area (TPSA) is 114 Å². The molecule has 0 N–H and O–H groups in total. The first-order chi connectivity index (χ1) is 21.4. The number of rotatable bonds is 19. The van der Waals surface area contributed by atoms with Gasteiger partial charge in [-0.05, 0) is 106 Å². The van der Waals surface area contributed by atoms with Crippen molar-refractivity contribution in [2.45, 2.75) is 51.4 Å². The van der Waals surface area contributed by atoms with Crippen LogP contribution in [0.5, 0.6) is 17.2 Å². The van der Waals surface area contributed by atoms with Crippen LogP contribution in [0.2, 0.25) is 0 Å². The first-order valence-corrected chi connectivity index (χ1v) is 14.7. The summed E-state index contributed by atoms with van der Waals surface area (Å²) in [5, 5.41) is 0. The predicted molar refractivity (Wildman–Crippen MR) is 164 cm³/mol. The van der Waals surface area contributed by atoms with Crippen LogP contribution in [0.4, 0.5) is 0 Å². The van der Waals surface area contributed by atoms with E-state index in [0.717, 1.165) is 38.2 Å². The molecule has 0 amide bonds. The van der Waals surface area contributed by atoms with Gasteiger partial charge in [-0.2, -0.15) is 0 Å². The van der Waals surface area contributed by atoms with E-state index in [-0.39, 0.29) is 5.97 Å². The standard InChI is InChI=1S/C35H38O9/c1-2-32(36)41-25-12-6-9-15-33(37)42-26-11-4-3-10-24-40-29-18-16-28(17-19-29)35(39)44-31-22-20-30(21-23-31)43-34(38)27-13-7-5-8-14-27/h2,5,7-8,13-14,16-23H,1,3-4,6,9-12,15,24-26H2. The summed E-state index contributed by atoms with van der Waals surface area (Å²) in [7, 11) is 0. The Morgan fingerprint density at radius 2 is 1.05 bits per heavy atom. The van der Waals surface area contributed by atoms with Crippen molar-refractivity contribution in [2.75, 3.05) is 19.8 Å². The molecule has 0 heterocycles. The molecule has 3 aromatic rings. The summed E-state index contributed by atoms with van der Waals surface area (Å²) >= 11 is 0. The highest BCUT2D eigenvalue weighted by atomic mass is 16.5. The molecule has 0 aromatic heterocycles. The minimum absolute atomic E-state index is 0.205. The fourth-order valence-corrected chi connectivity index (χ4v) is 3.95. The number of unbranched alkanes of at least 4 members (excludes halogenated alkanes) is 5. The molecule has 0 saturated carbocycles.